The molecule has 0 aliphatic heterocycles. The van der Waals surface area contributed by atoms with Crippen LogP contribution >= 0.6 is 23.4 Å². The second-order valence-electron chi connectivity index (χ2n) is 6.98. The summed E-state index contributed by atoms with van der Waals surface area (Å²) in [5.41, 5.74) is 4.41. The Hall–Kier alpha value is -3.62. The molecule has 0 radical (unpaired) electrons. The zero-order valence-corrected chi connectivity index (χ0v) is 18.3. The van der Waals surface area contributed by atoms with Crippen LogP contribution in [-0.2, 0) is 4.79 Å². The van der Waals surface area contributed by atoms with Crippen LogP contribution in [0.15, 0.2) is 84.3 Å². The average molecular weight is 461 g/mol. The zero-order chi connectivity index (χ0) is 21.9. The number of nitrogens with zero attached hydrogens (tertiary/aromatic N) is 4. The first-order chi connectivity index (χ1) is 15.7. The Morgan fingerprint density at radius 2 is 1.91 bits per heavy atom. The first-order valence-corrected chi connectivity index (χ1v) is 11.2. The van der Waals surface area contributed by atoms with Gasteiger partial charge in [-0.05, 0) is 54.6 Å². The van der Waals surface area contributed by atoms with Gasteiger partial charge in [-0.1, -0.05) is 41.6 Å². The number of carbonyl (C=O) groups excluding carboxylic acids is 1. The number of anilines is 1. The molecule has 0 saturated heterocycles. The van der Waals surface area contributed by atoms with Gasteiger partial charge in [0.15, 0.2) is 5.16 Å². The van der Waals surface area contributed by atoms with Crippen LogP contribution < -0.4 is 5.32 Å². The second kappa shape index (κ2) is 8.86. The van der Waals surface area contributed by atoms with Gasteiger partial charge in [-0.3, -0.25) is 9.36 Å². The predicted molar refractivity (Wildman–Crippen MR) is 127 cm³/mol. The minimum absolute atomic E-state index is 0.132. The molecule has 158 valence electrons. The van der Waals surface area contributed by atoms with Crippen molar-refractivity contribution in [3.63, 3.8) is 0 Å². The molecule has 3 aromatic carbocycles. The summed E-state index contributed by atoms with van der Waals surface area (Å²) in [4.78, 5) is 20.4. The van der Waals surface area contributed by atoms with E-state index >= 15 is 0 Å². The number of rotatable bonds is 6. The number of aromatic nitrogens is 5. The van der Waals surface area contributed by atoms with Crippen molar-refractivity contribution >= 4 is 46.0 Å². The molecule has 7 nitrogen and oxygen atoms in total. The molecule has 0 saturated carbocycles. The quantitative estimate of drug-likeness (QED) is 0.340. The van der Waals surface area contributed by atoms with Crippen LogP contribution in [0.3, 0.4) is 0 Å². The molecule has 0 atom stereocenters. The largest absolute Gasteiger partial charge is 0.338 e. The number of thioether (sulfide) groups is 1. The van der Waals surface area contributed by atoms with Crippen LogP contribution in [0.1, 0.15) is 0 Å². The van der Waals surface area contributed by atoms with Crippen molar-refractivity contribution in [3.05, 3.63) is 84.1 Å². The number of hydrogen-bond donors (Lipinski definition) is 2. The van der Waals surface area contributed by atoms with Gasteiger partial charge in [0.2, 0.25) is 5.91 Å². The predicted octanol–water partition coefficient (Wildman–Crippen LogP) is 5.19. The lowest BCUT2D eigenvalue weighted by Gasteiger charge is -2.08. The molecular weight excluding hydrogens is 444 g/mol. The number of para-hydroxylation sites is 2. The fraction of sp³-hybridized carbons (Fsp3) is 0.0435. The number of aromatic amines is 1. The van der Waals surface area contributed by atoms with Gasteiger partial charge in [-0.25, -0.2) is 4.98 Å². The molecular formula is C23H17ClN6OS. The fourth-order valence-electron chi connectivity index (χ4n) is 3.25. The molecule has 0 bridgehead atoms. The van der Waals surface area contributed by atoms with E-state index in [1.165, 1.54) is 11.8 Å². The number of carbonyl (C=O) groups is 1. The van der Waals surface area contributed by atoms with Gasteiger partial charge >= 0.3 is 0 Å². The lowest BCUT2D eigenvalue weighted by atomic mass is 10.2. The third-order valence-electron chi connectivity index (χ3n) is 4.77. The smallest absolute Gasteiger partial charge is 0.234 e. The van der Waals surface area contributed by atoms with E-state index in [4.69, 9.17) is 11.6 Å². The number of benzene rings is 3. The van der Waals surface area contributed by atoms with E-state index in [1.807, 2.05) is 66.7 Å². The molecule has 0 aliphatic carbocycles. The fourth-order valence-corrected chi connectivity index (χ4v) is 4.17. The van der Waals surface area contributed by atoms with Crippen LogP contribution in [0.4, 0.5) is 5.69 Å². The number of amides is 1. The maximum Gasteiger partial charge on any atom is 0.234 e. The summed E-state index contributed by atoms with van der Waals surface area (Å²) in [7, 11) is 0. The van der Waals surface area contributed by atoms with E-state index in [0.29, 0.717) is 15.9 Å². The SMILES string of the molecule is O=C(CSc1nncn1-c1cccc(Cl)c1)Nc1ccc(-c2nc3ccccc3[nH]2)cc1. The molecule has 0 spiro atoms. The van der Waals surface area contributed by atoms with Gasteiger partial charge in [0.25, 0.3) is 0 Å². The number of imidazole rings is 1. The van der Waals surface area contributed by atoms with Crippen molar-refractivity contribution in [2.75, 3.05) is 11.1 Å². The molecule has 0 aliphatic rings. The minimum Gasteiger partial charge on any atom is -0.338 e. The van der Waals surface area contributed by atoms with E-state index in [0.717, 1.165) is 28.1 Å². The average Bonchev–Trinajstić information content (AvgIpc) is 3.45. The number of hydrogen-bond acceptors (Lipinski definition) is 5. The summed E-state index contributed by atoms with van der Waals surface area (Å²) < 4.78 is 1.80. The number of halogens is 1. The van der Waals surface area contributed by atoms with Crippen LogP contribution in [0.5, 0.6) is 0 Å². The molecule has 0 unspecified atom stereocenters. The molecule has 32 heavy (non-hydrogen) atoms. The van der Waals surface area contributed by atoms with Crippen LogP contribution in [-0.4, -0.2) is 36.4 Å². The molecule has 5 rings (SSSR count). The van der Waals surface area contributed by atoms with Crippen molar-refractivity contribution in [1.82, 2.24) is 24.7 Å². The molecule has 2 N–H and O–H groups in total. The van der Waals surface area contributed by atoms with Crippen molar-refractivity contribution < 1.29 is 4.79 Å². The molecule has 9 heteroatoms. The molecule has 2 aromatic heterocycles. The van der Waals surface area contributed by atoms with Crippen LogP contribution in [0.25, 0.3) is 28.1 Å². The lowest BCUT2D eigenvalue weighted by molar-refractivity contribution is -0.113. The van der Waals surface area contributed by atoms with Gasteiger partial charge < -0.3 is 10.3 Å². The van der Waals surface area contributed by atoms with E-state index in [-0.39, 0.29) is 11.7 Å². The van der Waals surface area contributed by atoms with E-state index < -0.39 is 0 Å². The minimum atomic E-state index is -0.132. The van der Waals surface area contributed by atoms with Crippen molar-refractivity contribution in [2.24, 2.45) is 0 Å². The summed E-state index contributed by atoms with van der Waals surface area (Å²) >= 11 is 7.38. The first kappa shape index (κ1) is 20.3. The van der Waals surface area contributed by atoms with Crippen molar-refractivity contribution in [1.29, 1.82) is 0 Å². The van der Waals surface area contributed by atoms with E-state index in [9.17, 15) is 4.79 Å². The Bertz CT molecular complexity index is 1360. The van der Waals surface area contributed by atoms with Crippen LogP contribution in [0.2, 0.25) is 5.02 Å². The van der Waals surface area contributed by atoms with E-state index in [1.54, 1.807) is 17.0 Å². The Labute approximate surface area is 192 Å². The highest BCUT2D eigenvalue weighted by atomic mass is 35.5. The highest BCUT2D eigenvalue weighted by Crippen LogP contribution is 2.24. The summed E-state index contributed by atoms with van der Waals surface area (Å²) in [5.74, 6) is 0.858. The Morgan fingerprint density at radius 1 is 1.06 bits per heavy atom. The highest BCUT2D eigenvalue weighted by Gasteiger charge is 2.11. The Morgan fingerprint density at radius 3 is 2.72 bits per heavy atom. The summed E-state index contributed by atoms with van der Waals surface area (Å²) in [5, 5.41) is 12.2. The maximum atomic E-state index is 12.5. The maximum absolute atomic E-state index is 12.5. The lowest BCUT2D eigenvalue weighted by Crippen LogP contribution is -2.14. The van der Waals surface area contributed by atoms with Gasteiger partial charge in [0, 0.05) is 16.3 Å². The summed E-state index contributed by atoms with van der Waals surface area (Å²) in [6.07, 6.45) is 1.60. The topological polar surface area (TPSA) is 88.5 Å². The van der Waals surface area contributed by atoms with Gasteiger partial charge in [0.05, 0.1) is 22.5 Å². The summed E-state index contributed by atoms with van der Waals surface area (Å²) in [6.45, 7) is 0. The Kier molecular flexibility index (Phi) is 5.62. The van der Waals surface area contributed by atoms with Crippen LogP contribution in [0, 0.1) is 0 Å². The first-order valence-electron chi connectivity index (χ1n) is 9.79. The third-order valence-corrected chi connectivity index (χ3v) is 5.94. The molecule has 0 fully saturated rings. The molecule has 1 amide bonds. The summed E-state index contributed by atoms with van der Waals surface area (Å²) in [6, 6.07) is 22.8. The third kappa shape index (κ3) is 4.37. The van der Waals surface area contributed by atoms with Crippen molar-refractivity contribution in [3.8, 4) is 17.1 Å². The highest BCUT2D eigenvalue weighted by molar-refractivity contribution is 7.99. The molecule has 2 heterocycles. The van der Waals surface area contributed by atoms with E-state index in [2.05, 4.69) is 25.5 Å². The zero-order valence-electron chi connectivity index (χ0n) is 16.7. The van der Waals surface area contributed by atoms with Gasteiger partial charge in [-0.15, -0.1) is 10.2 Å². The monoisotopic (exact) mass is 460 g/mol. The van der Waals surface area contributed by atoms with Gasteiger partial charge in [-0.2, -0.15) is 0 Å². The van der Waals surface area contributed by atoms with Crippen molar-refractivity contribution in [2.45, 2.75) is 5.16 Å². The number of nitrogens with one attached hydrogen (secondary N) is 2. The standard InChI is InChI=1S/C23H17ClN6OS/c24-16-4-3-5-18(12-16)30-14-25-29-23(30)32-13-21(31)26-17-10-8-15(9-11-17)22-27-19-6-1-2-7-20(19)28-22/h1-12,14H,13H2,(H,26,31)(H,27,28). The molecule has 5 aromatic rings. The number of fused-ring (bicyclic) bond motifs is 1. The van der Waals surface area contributed by atoms with Gasteiger partial charge in [0.1, 0.15) is 12.2 Å². The second-order valence-corrected chi connectivity index (χ2v) is 8.36. The number of H-pyrrole nitrogens is 1. The normalized spacial score (nSPS) is 11.0. The Balaban J connectivity index is 1.22.